The summed E-state index contributed by atoms with van der Waals surface area (Å²) < 4.78 is 60.9. The molecule has 0 aromatic carbocycles. The van der Waals surface area contributed by atoms with E-state index in [0.29, 0.717) is 12.2 Å². The van der Waals surface area contributed by atoms with E-state index >= 15 is 0 Å². The standard InChI is InChI=1S/C47H76N7O17P3S/c1-4-5-6-7-8-9-10-11-12-13-14-15-16-17-18-19-20-21-22-23-24-25-26-27-38(56)75-31-30-49-37(55)28-29-50-45(59)42(58)47(2,3)33-68-74(65,66)71-73(63,64)67-32-36-41(70-72(60,61)62)40(57)46(69-36)54-35-53-39-43(48)51-34-52-44(39)54/h8-9,11-12,14-15,17-18,20-21,34-36,40-42,46,57-58H,4-7,10,13,16,19,22-33H2,1-3H3,(H,49,55)(H,50,59)(H,63,64)(H,65,66)(H2,48,51,52)(H2,60,61,62)/p-4. The van der Waals surface area contributed by atoms with E-state index in [4.69, 9.17) is 10.5 Å². The predicted molar refractivity (Wildman–Crippen MR) is 274 cm³/mol. The highest BCUT2D eigenvalue weighted by Crippen LogP contribution is 2.56. The number of aromatic nitrogens is 4. The van der Waals surface area contributed by atoms with Crippen LogP contribution in [0.15, 0.2) is 73.4 Å². The molecule has 1 saturated heterocycles. The van der Waals surface area contributed by atoms with Crippen LogP contribution in [0.2, 0.25) is 0 Å². The predicted octanol–water partition coefficient (Wildman–Crippen LogP) is 4.40. The van der Waals surface area contributed by atoms with Crippen molar-refractivity contribution in [1.29, 1.82) is 0 Å². The fraction of sp³-hybridized carbons (Fsp3) is 0.617. The van der Waals surface area contributed by atoms with Gasteiger partial charge in [0, 0.05) is 37.1 Å². The highest BCUT2D eigenvalue weighted by Gasteiger charge is 2.47. The van der Waals surface area contributed by atoms with Gasteiger partial charge in [-0.05, 0) is 57.8 Å². The number of carbonyl (C=O) groups is 3. The summed E-state index contributed by atoms with van der Waals surface area (Å²) in [6, 6.07) is 0. The van der Waals surface area contributed by atoms with Gasteiger partial charge >= 0.3 is 0 Å². The maximum Gasteiger partial charge on any atom is 0.274 e. The van der Waals surface area contributed by atoms with Crippen molar-refractivity contribution in [2.75, 3.05) is 37.8 Å². The fourth-order valence-corrected chi connectivity index (χ4v) is 10.5. The summed E-state index contributed by atoms with van der Waals surface area (Å²) in [5.41, 5.74) is 4.09. The number of imidazole rings is 1. The Labute approximate surface area is 442 Å². The number of thioether (sulfide) groups is 1. The molecule has 7 unspecified atom stereocenters. The van der Waals surface area contributed by atoms with Crippen LogP contribution >= 0.6 is 35.2 Å². The summed E-state index contributed by atoms with van der Waals surface area (Å²) >= 11 is 1.12. The number of fused-ring (bicyclic) bond motifs is 1. The topological polar surface area (TPSA) is 375 Å². The molecule has 422 valence electrons. The average molecular weight is 1130 g/mol. The molecule has 2 aromatic rings. The number of nitrogens with two attached hydrogens (primary N) is 1. The molecule has 0 spiro atoms. The number of aliphatic hydroxyl groups is 2. The van der Waals surface area contributed by atoms with Gasteiger partial charge in [-0.25, -0.2) is 19.3 Å². The Morgan fingerprint density at radius 2 is 1.41 bits per heavy atom. The van der Waals surface area contributed by atoms with Crippen LogP contribution < -0.4 is 35.9 Å². The van der Waals surface area contributed by atoms with Gasteiger partial charge in [-0.15, -0.1) is 0 Å². The van der Waals surface area contributed by atoms with Gasteiger partial charge in [0.25, 0.3) is 15.6 Å². The van der Waals surface area contributed by atoms with Crippen LogP contribution in [0.4, 0.5) is 5.82 Å². The quantitative estimate of drug-likeness (QED) is 0.0353. The molecule has 6 N–H and O–H groups in total. The minimum absolute atomic E-state index is 0.0208. The number of ether oxygens (including phenoxy) is 1. The Bertz CT molecular complexity index is 2380. The summed E-state index contributed by atoms with van der Waals surface area (Å²) in [5.74, 6) is -1.17. The van der Waals surface area contributed by atoms with Crippen LogP contribution in [-0.2, 0) is 50.7 Å². The van der Waals surface area contributed by atoms with Gasteiger partial charge in [0.05, 0.1) is 27.4 Å². The zero-order valence-corrected chi connectivity index (χ0v) is 46.1. The van der Waals surface area contributed by atoms with E-state index < -0.39 is 84.6 Å². The van der Waals surface area contributed by atoms with Crippen molar-refractivity contribution >= 4 is 69.1 Å². The minimum Gasteiger partial charge on any atom is -0.790 e. The van der Waals surface area contributed by atoms with E-state index in [1.165, 1.54) is 39.5 Å². The van der Waals surface area contributed by atoms with E-state index in [-0.39, 0.29) is 41.6 Å². The van der Waals surface area contributed by atoms with Crippen molar-refractivity contribution in [3.8, 4) is 0 Å². The molecular weight excluding hydrogens is 1060 g/mol. The van der Waals surface area contributed by atoms with Gasteiger partial charge in [-0.3, -0.25) is 28.1 Å². The van der Waals surface area contributed by atoms with Crippen molar-refractivity contribution in [2.24, 2.45) is 5.41 Å². The summed E-state index contributed by atoms with van der Waals surface area (Å²) in [6.07, 6.45) is 28.4. The average Bonchev–Trinajstić information content (AvgIpc) is 3.91. The van der Waals surface area contributed by atoms with E-state index in [9.17, 15) is 57.9 Å². The molecule has 0 radical (unpaired) electrons. The first kappa shape index (κ1) is 65.5. The van der Waals surface area contributed by atoms with Crippen molar-refractivity contribution in [2.45, 2.75) is 148 Å². The first-order valence-corrected chi connectivity index (χ1v) is 30.1. The second kappa shape index (κ2) is 34.2. The van der Waals surface area contributed by atoms with Gasteiger partial charge in [0.1, 0.15) is 36.3 Å². The van der Waals surface area contributed by atoms with Gasteiger partial charge in [0.15, 0.2) is 22.8 Å². The SMILES string of the molecule is CCCCCC=CCC=CCC=CCC=CCC=CCCCCCCC(=O)SCCNC(=O)CCNC(=O)C(O)C(C)(C)COP(=O)([O-])OP(=O)([O-])OCC1OC(n2cnc3c(N)ncnc32)C(O)C1OP(=O)([O-])[O-]. The molecule has 7 atom stereocenters. The molecule has 3 heterocycles. The first-order chi connectivity index (χ1) is 35.6. The number of hydrogen-bond donors (Lipinski definition) is 5. The number of carbonyl (C=O) groups excluding carboxylic acids is 3. The number of hydrogen-bond acceptors (Lipinski definition) is 22. The van der Waals surface area contributed by atoms with Crippen LogP contribution in [0.1, 0.15) is 123 Å². The third-order valence-corrected chi connectivity index (χ3v) is 15.1. The number of nitrogen functional groups attached to an aromatic ring is 1. The number of rotatable bonds is 38. The number of nitrogens with zero attached hydrogens (tertiary/aromatic N) is 4. The molecule has 1 fully saturated rings. The molecule has 2 amide bonds. The van der Waals surface area contributed by atoms with Crippen LogP contribution in [0, 0.1) is 5.41 Å². The Kier molecular flexibility index (Phi) is 29.9. The number of phosphoric acid groups is 3. The zero-order valence-electron chi connectivity index (χ0n) is 42.6. The molecule has 0 saturated carbocycles. The van der Waals surface area contributed by atoms with Gasteiger partial charge in [-0.1, -0.05) is 119 Å². The number of nitrogens with one attached hydrogen (secondary N) is 2. The van der Waals surface area contributed by atoms with Crippen LogP contribution in [0.25, 0.3) is 11.2 Å². The molecule has 3 rings (SSSR count). The third-order valence-electron chi connectivity index (χ3n) is 11.1. The lowest BCUT2D eigenvalue weighted by molar-refractivity contribution is -0.347. The highest BCUT2D eigenvalue weighted by molar-refractivity contribution is 8.13. The number of anilines is 1. The van der Waals surface area contributed by atoms with Crippen molar-refractivity contribution in [3.05, 3.63) is 73.4 Å². The number of unbranched alkanes of at least 4 members (excludes halogenated alkanes) is 7. The summed E-state index contributed by atoms with van der Waals surface area (Å²) in [6.45, 7) is 2.35. The Balaban J connectivity index is 1.24. The minimum atomic E-state index is -5.93. The number of aliphatic hydroxyl groups excluding tert-OH is 2. The maximum atomic E-state index is 12.7. The first-order valence-electron chi connectivity index (χ1n) is 24.8. The lowest BCUT2D eigenvalue weighted by Gasteiger charge is -2.36. The largest absolute Gasteiger partial charge is 0.790 e. The van der Waals surface area contributed by atoms with Gasteiger partial charge < -0.3 is 69.0 Å². The number of amides is 2. The van der Waals surface area contributed by atoms with Crippen molar-refractivity contribution < 1.29 is 80.5 Å². The highest BCUT2D eigenvalue weighted by atomic mass is 32.2. The van der Waals surface area contributed by atoms with E-state index in [1.54, 1.807) is 0 Å². The monoisotopic (exact) mass is 1130 g/mol. The molecule has 0 aliphatic carbocycles. The molecule has 2 aromatic heterocycles. The smallest absolute Gasteiger partial charge is 0.274 e. The van der Waals surface area contributed by atoms with Crippen LogP contribution in [-0.4, -0.2) is 103 Å². The molecule has 28 heteroatoms. The lowest BCUT2D eigenvalue weighted by Crippen LogP contribution is -2.46. The summed E-state index contributed by atoms with van der Waals surface area (Å²) in [5, 5.41) is 26.5. The Morgan fingerprint density at radius 1 is 0.827 bits per heavy atom. The molecule has 0 bridgehead atoms. The molecule has 24 nitrogen and oxygen atoms in total. The lowest BCUT2D eigenvalue weighted by atomic mass is 9.87. The second-order valence-electron chi connectivity index (χ2n) is 18.0. The molecule has 1 aliphatic heterocycles. The Morgan fingerprint density at radius 3 is 2.03 bits per heavy atom. The molecule has 1 aliphatic rings. The van der Waals surface area contributed by atoms with E-state index in [0.717, 1.165) is 86.8 Å². The molecule has 75 heavy (non-hydrogen) atoms. The Hall–Kier alpha value is -3.74. The number of allylic oxidation sites excluding steroid dienone is 10. The normalized spacial score (nSPS) is 19.7. The van der Waals surface area contributed by atoms with Crippen molar-refractivity contribution in [1.82, 2.24) is 30.2 Å². The zero-order chi connectivity index (χ0) is 55.3. The second-order valence-corrected chi connectivity index (χ2v) is 23.2. The maximum absolute atomic E-state index is 12.7. The van der Waals surface area contributed by atoms with Crippen LogP contribution in [0.3, 0.4) is 0 Å². The van der Waals surface area contributed by atoms with Gasteiger partial charge in [0.2, 0.25) is 11.8 Å². The van der Waals surface area contributed by atoms with Crippen molar-refractivity contribution in [3.63, 3.8) is 0 Å². The molecular formula is C47H72N7O17P3S-4. The fourth-order valence-electron chi connectivity index (χ4n) is 7.06. The van der Waals surface area contributed by atoms with E-state index in [2.05, 4.69) is 111 Å². The van der Waals surface area contributed by atoms with Crippen LogP contribution in [0.5, 0.6) is 0 Å². The number of phosphoric ester groups is 3. The van der Waals surface area contributed by atoms with E-state index in [1.807, 2.05) is 0 Å². The summed E-state index contributed by atoms with van der Waals surface area (Å²) in [4.78, 5) is 97.1. The third kappa shape index (κ3) is 26.4. The van der Waals surface area contributed by atoms with Gasteiger partial charge in [-0.2, -0.15) is 0 Å². The summed E-state index contributed by atoms with van der Waals surface area (Å²) in [7, 11) is -17.6.